The summed E-state index contributed by atoms with van der Waals surface area (Å²) in [6.07, 6.45) is 0. The van der Waals surface area contributed by atoms with Gasteiger partial charge in [-0.2, -0.15) is 0 Å². The quantitative estimate of drug-likeness (QED) is 0.888. The summed E-state index contributed by atoms with van der Waals surface area (Å²) in [4.78, 5) is 13.7. The van der Waals surface area contributed by atoms with Crippen molar-refractivity contribution in [3.63, 3.8) is 0 Å². The first-order valence-corrected chi connectivity index (χ1v) is 7.18. The van der Waals surface area contributed by atoms with Crippen LogP contribution in [0.4, 0.5) is 0 Å². The number of benzene rings is 1. The lowest BCUT2D eigenvalue weighted by Gasteiger charge is -2.05. The summed E-state index contributed by atoms with van der Waals surface area (Å²) >= 11 is 1.66. The van der Waals surface area contributed by atoms with E-state index < -0.39 is 6.04 Å². The van der Waals surface area contributed by atoms with Crippen LogP contribution in [0.1, 0.15) is 11.8 Å². The molecule has 1 heterocycles. The monoisotopic (exact) mass is 326 g/mol. The van der Waals surface area contributed by atoms with E-state index in [2.05, 4.69) is 11.4 Å². The number of methoxy groups -OCH3 is 1. The zero-order valence-corrected chi connectivity index (χ0v) is 13.6. The molecule has 0 aliphatic heterocycles. The molecule has 1 aromatic carbocycles. The van der Waals surface area contributed by atoms with Crippen LogP contribution in [0.2, 0.25) is 0 Å². The summed E-state index contributed by atoms with van der Waals surface area (Å²) in [5.41, 5.74) is 6.64. The van der Waals surface area contributed by atoms with Gasteiger partial charge in [0.25, 0.3) is 0 Å². The first-order chi connectivity index (χ1) is 9.60. The maximum absolute atomic E-state index is 11.4. The standard InChI is InChI=1S/C15H18N2O2S.ClH/c1-10(16)15(18)17-9-13-7-8-14(20-13)11-3-5-12(19-2)6-4-11;/h3-8,10H,9,16H2,1-2H3,(H,17,18);1H/t10-;/m0./s1. The van der Waals surface area contributed by atoms with Crippen molar-refractivity contribution in [1.29, 1.82) is 0 Å². The minimum Gasteiger partial charge on any atom is -0.497 e. The van der Waals surface area contributed by atoms with Gasteiger partial charge in [-0.3, -0.25) is 4.79 Å². The molecule has 1 amide bonds. The highest BCUT2D eigenvalue weighted by molar-refractivity contribution is 7.15. The highest BCUT2D eigenvalue weighted by Crippen LogP contribution is 2.29. The smallest absolute Gasteiger partial charge is 0.236 e. The van der Waals surface area contributed by atoms with E-state index in [-0.39, 0.29) is 18.3 Å². The fourth-order valence-corrected chi connectivity index (χ4v) is 2.67. The van der Waals surface area contributed by atoms with Gasteiger partial charge in [-0.25, -0.2) is 0 Å². The zero-order valence-electron chi connectivity index (χ0n) is 12.0. The molecule has 2 rings (SSSR count). The predicted octanol–water partition coefficient (Wildman–Crippen LogP) is 2.81. The Morgan fingerprint density at radius 1 is 1.29 bits per heavy atom. The van der Waals surface area contributed by atoms with Gasteiger partial charge in [0, 0.05) is 9.75 Å². The van der Waals surface area contributed by atoms with Gasteiger partial charge in [-0.1, -0.05) is 0 Å². The lowest BCUT2D eigenvalue weighted by Crippen LogP contribution is -2.37. The summed E-state index contributed by atoms with van der Waals surface area (Å²) in [6, 6.07) is 11.5. The van der Waals surface area contributed by atoms with Crippen LogP contribution in [-0.2, 0) is 11.3 Å². The van der Waals surface area contributed by atoms with Gasteiger partial charge in [0.15, 0.2) is 0 Å². The van der Waals surface area contributed by atoms with E-state index in [0.29, 0.717) is 6.54 Å². The number of thiophene rings is 1. The second kappa shape index (κ2) is 8.02. The third-order valence-corrected chi connectivity index (χ3v) is 4.02. The van der Waals surface area contributed by atoms with Crippen LogP contribution in [0.5, 0.6) is 5.75 Å². The molecule has 0 spiro atoms. The molecular formula is C15H19ClN2O2S. The number of carbonyl (C=O) groups is 1. The molecule has 0 bridgehead atoms. The van der Waals surface area contributed by atoms with E-state index in [1.165, 1.54) is 0 Å². The first kappa shape index (κ1) is 17.5. The average Bonchev–Trinajstić information content (AvgIpc) is 2.93. The number of halogens is 1. The predicted molar refractivity (Wildman–Crippen MR) is 89.1 cm³/mol. The summed E-state index contributed by atoms with van der Waals surface area (Å²) in [6.45, 7) is 2.19. The number of rotatable bonds is 5. The second-order valence-corrected chi connectivity index (χ2v) is 5.67. The molecule has 0 fully saturated rings. The molecule has 1 aromatic heterocycles. The van der Waals surface area contributed by atoms with Crippen molar-refractivity contribution in [2.24, 2.45) is 5.73 Å². The number of amides is 1. The molecule has 0 unspecified atom stereocenters. The normalized spacial score (nSPS) is 11.4. The topological polar surface area (TPSA) is 64.3 Å². The van der Waals surface area contributed by atoms with E-state index in [0.717, 1.165) is 21.1 Å². The SMILES string of the molecule is COc1ccc(-c2ccc(CNC(=O)[C@H](C)N)s2)cc1.Cl. The van der Waals surface area contributed by atoms with Crippen LogP contribution in [0.15, 0.2) is 36.4 Å². The molecule has 2 aromatic rings. The number of carbonyl (C=O) groups excluding carboxylic acids is 1. The Balaban J connectivity index is 0.00000220. The van der Waals surface area contributed by atoms with Crippen molar-refractivity contribution in [1.82, 2.24) is 5.32 Å². The van der Waals surface area contributed by atoms with Gasteiger partial charge in [0.05, 0.1) is 19.7 Å². The number of hydrogen-bond donors (Lipinski definition) is 2. The summed E-state index contributed by atoms with van der Waals surface area (Å²) in [5, 5.41) is 2.81. The Bertz CT molecular complexity index is 582. The minimum atomic E-state index is -0.476. The Morgan fingerprint density at radius 2 is 1.95 bits per heavy atom. The zero-order chi connectivity index (χ0) is 14.5. The third-order valence-electron chi connectivity index (χ3n) is 2.89. The van der Waals surface area contributed by atoms with Crippen LogP contribution in [-0.4, -0.2) is 19.1 Å². The Kier molecular flexibility index (Phi) is 6.68. The van der Waals surface area contributed by atoms with Crippen molar-refractivity contribution < 1.29 is 9.53 Å². The van der Waals surface area contributed by atoms with E-state index in [1.807, 2.05) is 30.3 Å². The van der Waals surface area contributed by atoms with Crippen molar-refractivity contribution >= 4 is 29.7 Å². The maximum atomic E-state index is 11.4. The molecule has 0 saturated heterocycles. The van der Waals surface area contributed by atoms with E-state index in [1.54, 1.807) is 25.4 Å². The number of nitrogens with one attached hydrogen (secondary N) is 1. The van der Waals surface area contributed by atoms with Crippen LogP contribution in [0.3, 0.4) is 0 Å². The Labute approximate surface area is 134 Å². The molecule has 3 N–H and O–H groups in total. The van der Waals surface area contributed by atoms with Gasteiger partial charge in [-0.05, 0) is 48.9 Å². The highest BCUT2D eigenvalue weighted by Gasteiger charge is 2.08. The molecule has 4 nitrogen and oxygen atoms in total. The fraction of sp³-hybridized carbons (Fsp3) is 0.267. The number of nitrogens with two attached hydrogens (primary N) is 1. The molecule has 0 radical (unpaired) electrons. The van der Waals surface area contributed by atoms with Gasteiger partial charge in [-0.15, -0.1) is 23.7 Å². The van der Waals surface area contributed by atoms with Gasteiger partial charge in [0.2, 0.25) is 5.91 Å². The Hall–Kier alpha value is -1.56. The highest BCUT2D eigenvalue weighted by atomic mass is 35.5. The van der Waals surface area contributed by atoms with E-state index in [9.17, 15) is 4.79 Å². The fourth-order valence-electron chi connectivity index (χ4n) is 1.72. The average molecular weight is 327 g/mol. The van der Waals surface area contributed by atoms with E-state index >= 15 is 0 Å². The number of ether oxygens (including phenoxy) is 1. The molecule has 0 saturated carbocycles. The van der Waals surface area contributed by atoms with Crippen molar-refractivity contribution in [2.75, 3.05) is 7.11 Å². The van der Waals surface area contributed by atoms with Gasteiger partial charge in [0.1, 0.15) is 5.75 Å². The summed E-state index contributed by atoms with van der Waals surface area (Å²) in [5.74, 6) is 0.708. The molecular weight excluding hydrogens is 308 g/mol. The molecule has 114 valence electrons. The minimum absolute atomic E-state index is 0. The lowest BCUT2D eigenvalue weighted by atomic mass is 10.2. The van der Waals surface area contributed by atoms with Crippen molar-refractivity contribution in [3.05, 3.63) is 41.3 Å². The van der Waals surface area contributed by atoms with Gasteiger partial charge < -0.3 is 15.8 Å². The maximum Gasteiger partial charge on any atom is 0.236 e. The molecule has 6 heteroatoms. The number of hydrogen-bond acceptors (Lipinski definition) is 4. The summed E-state index contributed by atoms with van der Waals surface area (Å²) < 4.78 is 5.14. The van der Waals surface area contributed by atoms with Crippen LogP contribution in [0.25, 0.3) is 10.4 Å². The van der Waals surface area contributed by atoms with E-state index in [4.69, 9.17) is 10.5 Å². The molecule has 0 aliphatic carbocycles. The Morgan fingerprint density at radius 3 is 2.52 bits per heavy atom. The van der Waals surface area contributed by atoms with Gasteiger partial charge >= 0.3 is 0 Å². The third kappa shape index (κ3) is 4.74. The van der Waals surface area contributed by atoms with Crippen LogP contribution in [0, 0.1) is 0 Å². The van der Waals surface area contributed by atoms with Crippen LogP contribution < -0.4 is 15.8 Å². The molecule has 1 atom stereocenters. The van der Waals surface area contributed by atoms with Crippen LogP contribution >= 0.6 is 23.7 Å². The van der Waals surface area contributed by atoms with Crippen molar-refractivity contribution in [3.8, 4) is 16.2 Å². The summed E-state index contributed by atoms with van der Waals surface area (Å²) in [7, 11) is 1.65. The first-order valence-electron chi connectivity index (χ1n) is 6.36. The molecule has 21 heavy (non-hydrogen) atoms. The lowest BCUT2D eigenvalue weighted by molar-refractivity contribution is -0.122. The largest absolute Gasteiger partial charge is 0.497 e. The molecule has 0 aliphatic rings. The second-order valence-electron chi connectivity index (χ2n) is 4.50. The van der Waals surface area contributed by atoms with Crippen molar-refractivity contribution in [2.45, 2.75) is 19.5 Å².